The molecule has 0 radical (unpaired) electrons. The predicted octanol–water partition coefficient (Wildman–Crippen LogP) is 6.72. The number of hydrogen-bond acceptors (Lipinski definition) is 8. The van der Waals surface area contributed by atoms with Gasteiger partial charge in [-0.1, -0.05) is 29.4 Å². The molecule has 1 aliphatic carbocycles. The van der Waals surface area contributed by atoms with E-state index in [1.807, 2.05) is 37.5 Å². The van der Waals surface area contributed by atoms with Gasteiger partial charge in [-0.05, 0) is 82.2 Å². The number of carbonyl (C=O) groups excluding carboxylic acids is 2. The standard InChI is InChI=1S/C28H33ClN4O4S2/c1-6-12-33-25(18(5)37-19-13-16(3)24(29)17(4)14-19)31-32-28(33)38-15-22(34)30-26-23(27(35)36-7-2)20-10-8-9-11-21(20)39-26/h6,13-14,18H,1,7-12,15H2,2-5H3,(H,30,34). The fraction of sp³-hybridized carbons (Fsp3) is 0.429. The number of esters is 1. The number of amides is 1. The Kier molecular flexibility index (Phi) is 9.74. The van der Waals surface area contributed by atoms with Gasteiger partial charge in [0, 0.05) is 16.4 Å². The molecule has 0 aliphatic heterocycles. The van der Waals surface area contributed by atoms with E-state index < -0.39 is 6.10 Å². The summed E-state index contributed by atoms with van der Waals surface area (Å²) in [6.07, 6.45) is 5.21. The van der Waals surface area contributed by atoms with Gasteiger partial charge in [-0.25, -0.2) is 4.79 Å². The number of hydrogen-bond donors (Lipinski definition) is 1. The molecule has 1 atom stereocenters. The highest BCUT2D eigenvalue weighted by Gasteiger charge is 2.27. The average molecular weight is 589 g/mol. The normalized spacial score (nSPS) is 13.5. The molecule has 1 unspecified atom stereocenters. The smallest absolute Gasteiger partial charge is 0.341 e. The Morgan fingerprint density at radius 1 is 1.26 bits per heavy atom. The Bertz CT molecular complexity index is 1360. The van der Waals surface area contributed by atoms with Gasteiger partial charge < -0.3 is 14.8 Å². The van der Waals surface area contributed by atoms with Crippen molar-refractivity contribution in [2.45, 2.75) is 71.2 Å². The van der Waals surface area contributed by atoms with Gasteiger partial charge in [-0.3, -0.25) is 9.36 Å². The second-order valence-electron chi connectivity index (χ2n) is 9.34. The van der Waals surface area contributed by atoms with E-state index in [0.717, 1.165) is 52.3 Å². The molecule has 1 amide bonds. The molecule has 0 saturated heterocycles. The zero-order valence-corrected chi connectivity index (χ0v) is 25.0. The topological polar surface area (TPSA) is 95.3 Å². The fourth-order valence-corrected chi connectivity index (χ4v) is 6.76. The zero-order valence-electron chi connectivity index (χ0n) is 22.6. The second-order valence-corrected chi connectivity index (χ2v) is 11.8. The minimum atomic E-state index is -0.398. The number of nitrogens with one attached hydrogen (secondary N) is 1. The van der Waals surface area contributed by atoms with Gasteiger partial charge in [-0.2, -0.15) is 0 Å². The Hall–Kier alpha value is -2.82. The maximum absolute atomic E-state index is 13.0. The number of fused-ring (bicyclic) bond motifs is 1. The summed E-state index contributed by atoms with van der Waals surface area (Å²) in [6, 6.07) is 3.79. The number of thiophene rings is 1. The summed E-state index contributed by atoms with van der Waals surface area (Å²) in [4.78, 5) is 26.8. The highest BCUT2D eigenvalue weighted by atomic mass is 35.5. The summed E-state index contributed by atoms with van der Waals surface area (Å²) in [7, 11) is 0. The summed E-state index contributed by atoms with van der Waals surface area (Å²) in [5.74, 6) is 0.814. The lowest BCUT2D eigenvalue weighted by Gasteiger charge is -2.17. The molecule has 0 fully saturated rings. The number of carbonyl (C=O) groups is 2. The van der Waals surface area contributed by atoms with Crippen LogP contribution in [0.1, 0.15) is 70.5 Å². The van der Waals surface area contributed by atoms with E-state index in [0.29, 0.717) is 33.8 Å². The van der Waals surface area contributed by atoms with Gasteiger partial charge in [0.15, 0.2) is 17.1 Å². The first-order valence-electron chi connectivity index (χ1n) is 12.9. The maximum atomic E-state index is 13.0. The van der Waals surface area contributed by atoms with Crippen molar-refractivity contribution in [2.75, 3.05) is 17.7 Å². The number of rotatable bonds is 11. The lowest BCUT2D eigenvalue weighted by molar-refractivity contribution is -0.113. The van der Waals surface area contributed by atoms with E-state index in [1.165, 1.54) is 23.1 Å². The molecule has 4 rings (SSSR count). The predicted molar refractivity (Wildman–Crippen MR) is 156 cm³/mol. The number of thioether (sulfide) groups is 1. The first-order chi connectivity index (χ1) is 18.7. The number of halogens is 1. The third kappa shape index (κ3) is 6.67. The highest BCUT2D eigenvalue weighted by Crippen LogP contribution is 2.39. The molecular weight excluding hydrogens is 556 g/mol. The van der Waals surface area contributed by atoms with Crippen LogP contribution in [-0.4, -0.2) is 39.0 Å². The van der Waals surface area contributed by atoms with Gasteiger partial charge in [0.25, 0.3) is 0 Å². The number of allylic oxidation sites excluding steroid dienone is 1. The van der Waals surface area contributed by atoms with Gasteiger partial charge in [0.1, 0.15) is 10.8 Å². The van der Waals surface area contributed by atoms with Gasteiger partial charge >= 0.3 is 5.97 Å². The van der Waals surface area contributed by atoms with Crippen molar-refractivity contribution in [3.63, 3.8) is 0 Å². The maximum Gasteiger partial charge on any atom is 0.341 e. The molecular formula is C28H33ClN4O4S2. The number of benzene rings is 1. The lowest BCUT2D eigenvalue weighted by atomic mass is 9.95. The number of ether oxygens (including phenoxy) is 2. The number of aromatic nitrogens is 3. The molecule has 8 nitrogen and oxygen atoms in total. The number of nitrogens with zero attached hydrogens (tertiary/aromatic N) is 3. The third-order valence-corrected chi connectivity index (χ3v) is 9.15. The van der Waals surface area contributed by atoms with E-state index in [-0.39, 0.29) is 24.2 Å². The van der Waals surface area contributed by atoms with Crippen LogP contribution >= 0.6 is 34.7 Å². The van der Waals surface area contributed by atoms with Crippen LogP contribution in [0, 0.1) is 13.8 Å². The molecule has 1 N–H and O–H groups in total. The summed E-state index contributed by atoms with van der Waals surface area (Å²) < 4.78 is 13.4. The SMILES string of the molecule is C=CCn1c(SCC(=O)Nc2sc3c(c2C(=O)OCC)CCCC3)nnc1C(C)Oc1cc(C)c(Cl)c(C)c1. The first-order valence-corrected chi connectivity index (χ1v) is 15.1. The van der Waals surface area contributed by atoms with Crippen LogP contribution in [-0.2, 0) is 28.9 Å². The van der Waals surface area contributed by atoms with E-state index in [4.69, 9.17) is 21.1 Å². The minimum Gasteiger partial charge on any atom is -0.483 e. The molecule has 0 bridgehead atoms. The quantitative estimate of drug-likeness (QED) is 0.151. The summed E-state index contributed by atoms with van der Waals surface area (Å²) in [6.45, 7) is 12.2. The van der Waals surface area contributed by atoms with Crippen molar-refractivity contribution < 1.29 is 19.1 Å². The van der Waals surface area contributed by atoms with Gasteiger partial charge in [-0.15, -0.1) is 28.1 Å². The van der Waals surface area contributed by atoms with Crippen LogP contribution in [0.3, 0.4) is 0 Å². The Morgan fingerprint density at radius 3 is 2.67 bits per heavy atom. The van der Waals surface area contributed by atoms with Gasteiger partial charge in [0.2, 0.25) is 5.91 Å². The van der Waals surface area contributed by atoms with E-state index in [9.17, 15) is 9.59 Å². The fourth-order valence-electron chi connectivity index (χ4n) is 4.61. The van der Waals surface area contributed by atoms with E-state index in [1.54, 1.807) is 13.0 Å². The second kappa shape index (κ2) is 13.0. The Balaban J connectivity index is 1.47. The van der Waals surface area contributed by atoms with Crippen LogP contribution in [0.5, 0.6) is 5.75 Å². The monoisotopic (exact) mass is 588 g/mol. The van der Waals surface area contributed by atoms with Crippen LogP contribution in [0.25, 0.3) is 0 Å². The largest absolute Gasteiger partial charge is 0.483 e. The molecule has 39 heavy (non-hydrogen) atoms. The van der Waals surface area contributed by atoms with E-state index >= 15 is 0 Å². The van der Waals surface area contributed by atoms with Crippen molar-refractivity contribution in [3.05, 3.63) is 62.8 Å². The van der Waals surface area contributed by atoms with E-state index in [2.05, 4.69) is 22.1 Å². The van der Waals surface area contributed by atoms with Crippen LogP contribution in [0.4, 0.5) is 5.00 Å². The summed E-state index contributed by atoms with van der Waals surface area (Å²) in [5, 5.41) is 13.5. The van der Waals surface area contributed by atoms with Crippen molar-refractivity contribution in [1.29, 1.82) is 0 Å². The van der Waals surface area contributed by atoms with Crippen molar-refractivity contribution >= 4 is 51.6 Å². The molecule has 1 aromatic carbocycles. The van der Waals surface area contributed by atoms with Crippen LogP contribution in [0.15, 0.2) is 29.9 Å². The summed E-state index contributed by atoms with van der Waals surface area (Å²) in [5.41, 5.74) is 3.39. The minimum absolute atomic E-state index is 0.102. The molecule has 208 valence electrons. The van der Waals surface area contributed by atoms with Crippen molar-refractivity contribution in [1.82, 2.24) is 14.8 Å². The molecule has 2 heterocycles. The van der Waals surface area contributed by atoms with Crippen LogP contribution in [0.2, 0.25) is 5.02 Å². The molecule has 0 spiro atoms. The Labute approximate surface area is 242 Å². The molecule has 0 saturated carbocycles. The van der Waals surface area contributed by atoms with Crippen molar-refractivity contribution in [3.8, 4) is 5.75 Å². The average Bonchev–Trinajstić information content (AvgIpc) is 3.47. The number of anilines is 1. The summed E-state index contributed by atoms with van der Waals surface area (Å²) >= 11 is 9.04. The molecule has 2 aromatic heterocycles. The number of aryl methyl sites for hydroxylation is 3. The molecule has 3 aromatic rings. The van der Waals surface area contributed by atoms with Gasteiger partial charge in [0.05, 0.1) is 17.9 Å². The van der Waals surface area contributed by atoms with Crippen LogP contribution < -0.4 is 10.1 Å². The zero-order chi connectivity index (χ0) is 28.1. The molecule has 11 heteroatoms. The molecule has 1 aliphatic rings. The highest BCUT2D eigenvalue weighted by molar-refractivity contribution is 7.99. The lowest BCUT2D eigenvalue weighted by Crippen LogP contribution is -2.17. The van der Waals surface area contributed by atoms with Crippen molar-refractivity contribution in [2.24, 2.45) is 0 Å². The third-order valence-electron chi connectivity index (χ3n) is 6.38. The first kappa shape index (κ1) is 29.2. The Morgan fingerprint density at radius 2 is 1.97 bits per heavy atom.